The summed E-state index contributed by atoms with van der Waals surface area (Å²) in [6.07, 6.45) is 0.550. The van der Waals surface area contributed by atoms with Crippen LogP contribution in [-0.4, -0.2) is 19.8 Å². The predicted molar refractivity (Wildman–Crippen MR) is 56.0 cm³/mol. The molecule has 0 radical (unpaired) electrons. The SMILES string of the molecule is C1CO1.N#CCCNc1ccccc1. The van der Waals surface area contributed by atoms with Crippen LogP contribution in [-0.2, 0) is 4.74 Å². The van der Waals surface area contributed by atoms with Crippen molar-refractivity contribution in [2.45, 2.75) is 6.42 Å². The van der Waals surface area contributed by atoms with E-state index in [1.54, 1.807) is 0 Å². The molecule has 3 nitrogen and oxygen atoms in total. The second kappa shape index (κ2) is 6.93. The molecule has 0 spiro atoms. The van der Waals surface area contributed by atoms with Gasteiger partial charge >= 0.3 is 0 Å². The molecule has 2 rings (SSSR count). The number of nitrogens with zero attached hydrogens (tertiary/aromatic N) is 1. The second-order valence-electron chi connectivity index (χ2n) is 2.81. The van der Waals surface area contributed by atoms with Crippen LogP contribution in [0.25, 0.3) is 0 Å². The number of para-hydroxylation sites is 1. The molecule has 0 unspecified atom stereocenters. The molecular weight excluding hydrogens is 176 g/mol. The molecule has 0 aliphatic carbocycles. The lowest BCUT2D eigenvalue weighted by atomic mass is 10.3. The Morgan fingerprint density at radius 2 is 1.93 bits per heavy atom. The van der Waals surface area contributed by atoms with E-state index in [2.05, 4.69) is 16.1 Å². The molecule has 3 heteroatoms. The Labute approximate surface area is 84.3 Å². The second-order valence-corrected chi connectivity index (χ2v) is 2.81. The number of rotatable bonds is 3. The third-order valence-electron chi connectivity index (χ3n) is 1.54. The molecule has 1 saturated heterocycles. The maximum Gasteiger partial charge on any atom is 0.0701 e. The van der Waals surface area contributed by atoms with Crippen LogP contribution < -0.4 is 5.32 Å². The minimum Gasteiger partial charge on any atom is -0.384 e. The summed E-state index contributed by atoms with van der Waals surface area (Å²) in [4.78, 5) is 0. The van der Waals surface area contributed by atoms with Gasteiger partial charge in [-0.15, -0.1) is 0 Å². The normalized spacial score (nSPS) is 11.9. The van der Waals surface area contributed by atoms with Crippen LogP contribution in [0.5, 0.6) is 0 Å². The lowest BCUT2D eigenvalue weighted by Gasteiger charge is -2.01. The van der Waals surface area contributed by atoms with Gasteiger partial charge in [-0.3, -0.25) is 0 Å². The molecule has 0 bridgehead atoms. The lowest BCUT2D eigenvalue weighted by Crippen LogP contribution is -1.99. The van der Waals surface area contributed by atoms with Crippen LogP contribution >= 0.6 is 0 Å². The highest BCUT2D eigenvalue weighted by Gasteiger charge is 1.94. The van der Waals surface area contributed by atoms with Gasteiger partial charge in [-0.2, -0.15) is 5.26 Å². The molecule has 0 saturated carbocycles. The molecule has 14 heavy (non-hydrogen) atoms. The maximum absolute atomic E-state index is 8.25. The minimum absolute atomic E-state index is 0.550. The molecule has 1 fully saturated rings. The highest BCUT2D eigenvalue weighted by atomic mass is 16.6. The highest BCUT2D eigenvalue weighted by molar-refractivity contribution is 5.42. The Balaban J connectivity index is 0.000000276. The number of nitrogens with one attached hydrogen (secondary N) is 1. The summed E-state index contributed by atoms with van der Waals surface area (Å²) in [7, 11) is 0. The van der Waals surface area contributed by atoms with Gasteiger partial charge < -0.3 is 10.1 Å². The number of anilines is 1. The van der Waals surface area contributed by atoms with Gasteiger partial charge in [-0.1, -0.05) is 18.2 Å². The summed E-state index contributed by atoms with van der Waals surface area (Å²) in [5.74, 6) is 0. The van der Waals surface area contributed by atoms with Gasteiger partial charge in [0.05, 0.1) is 25.7 Å². The summed E-state index contributed by atoms with van der Waals surface area (Å²) < 4.78 is 4.50. The Hall–Kier alpha value is -1.53. The van der Waals surface area contributed by atoms with Crippen LogP contribution in [0.4, 0.5) is 5.69 Å². The molecule has 1 heterocycles. The van der Waals surface area contributed by atoms with Crippen LogP contribution in [0.2, 0.25) is 0 Å². The lowest BCUT2D eigenvalue weighted by molar-refractivity contribution is 0.475. The molecule has 1 aliphatic heterocycles. The fourth-order valence-corrected chi connectivity index (χ4v) is 0.819. The number of ether oxygens (including phenoxy) is 1. The zero-order valence-corrected chi connectivity index (χ0v) is 8.07. The standard InChI is InChI=1S/C9H10N2.C2H4O/c10-7-4-8-11-9-5-2-1-3-6-9;1-2-3-1/h1-3,5-6,11H,4,8H2;1-2H2. The summed E-state index contributed by atoms with van der Waals surface area (Å²) >= 11 is 0. The quantitative estimate of drug-likeness (QED) is 0.586. The Morgan fingerprint density at radius 1 is 1.29 bits per heavy atom. The van der Waals surface area contributed by atoms with Crippen LogP contribution in [0.3, 0.4) is 0 Å². The first-order valence-electron chi connectivity index (χ1n) is 4.67. The van der Waals surface area contributed by atoms with Gasteiger partial charge in [0.25, 0.3) is 0 Å². The number of benzene rings is 1. The van der Waals surface area contributed by atoms with Gasteiger partial charge in [0, 0.05) is 12.2 Å². The first-order chi connectivity index (χ1) is 6.93. The van der Waals surface area contributed by atoms with Crippen molar-refractivity contribution in [1.29, 1.82) is 5.26 Å². The zero-order valence-electron chi connectivity index (χ0n) is 8.07. The van der Waals surface area contributed by atoms with E-state index in [1.807, 2.05) is 30.3 Å². The zero-order chi connectivity index (χ0) is 10.1. The van der Waals surface area contributed by atoms with Crippen molar-refractivity contribution in [3.63, 3.8) is 0 Å². The largest absolute Gasteiger partial charge is 0.384 e. The topological polar surface area (TPSA) is 48.4 Å². The van der Waals surface area contributed by atoms with Crippen molar-refractivity contribution in [3.8, 4) is 6.07 Å². The van der Waals surface area contributed by atoms with Crippen molar-refractivity contribution in [2.24, 2.45) is 0 Å². The van der Waals surface area contributed by atoms with E-state index in [9.17, 15) is 0 Å². The third-order valence-corrected chi connectivity index (χ3v) is 1.54. The summed E-state index contributed by atoms with van der Waals surface area (Å²) in [5.41, 5.74) is 1.07. The molecule has 0 atom stereocenters. The first kappa shape index (κ1) is 10.6. The number of hydrogen-bond donors (Lipinski definition) is 1. The predicted octanol–water partition coefficient (Wildman–Crippen LogP) is 2.03. The monoisotopic (exact) mass is 190 g/mol. The van der Waals surface area contributed by atoms with E-state index >= 15 is 0 Å². The molecule has 1 aromatic rings. The van der Waals surface area contributed by atoms with Crippen molar-refractivity contribution in [3.05, 3.63) is 30.3 Å². The molecule has 1 aliphatic rings. The van der Waals surface area contributed by atoms with Crippen LogP contribution in [0.1, 0.15) is 6.42 Å². The summed E-state index contributed by atoms with van der Waals surface area (Å²) in [5, 5.41) is 11.4. The van der Waals surface area contributed by atoms with Crippen LogP contribution in [0, 0.1) is 11.3 Å². The third kappa shape index (κ3) is 6.04. The molecule has 1 aromatic carbocycles. The van der Waals surface area contributed by atoms with E-state index < -0.39 is 0 Å². The summed E-state index contributed by atoms with van der Waals surface area (Å²) in [6.45, 7) is 2.72. The van der Waals surface area contributed by atoms with Gasteiger partial charge in [-0.05, 0) is 12.1 Å². The van der Waals surface area contributed by atoms with Crippen molar-refractivity contribution in [2.75, 3.05) is 25.1 Å². The fourth-order valence-electron chi connectivity index (χ4n) is 0.819. The van der Waals surface area contributed by atoms with E-state index in [1.165, 1.54) is 0 Å². The first-order valence-corrected chi connectivity index (χ1v) is 4.67. The van der Waals surface area contributed by atoms with Gasteiger partial charge in [-0.25, -0.2) is 0 Å². The highest BCUT2D eigenvalue weighted by Crippen LogP contribution is 2.03. The van der Waals surface area contributed by atoms with Crippen LogP contribution in [0.15, 0.2) is 30.3 Å². The van der Waals surface area contributed by atoms with Crippen molar-refractivity contribution < 1.29 is 4.74 Å². The molecule has 0 aromatic heterocycles. The van der Waals surface area contributed by atoms with E-state index in [4.69, 9.17) is 5.26 Å². The molecule has 1 N–H and O–H groups in total. The average Bonchev–Trinajstić information content (AvgIpc) is 3.07. The number of hydrogen-bond acceptors (Lipinski definition) is 3. The smallest absolute Gasteiger partial charge is 0.0701 e. The Kier molecular flexibility index (Phi) is 5.22. The van der Waals surface area contributed by atoms with Gasteiger partial charge in [0.1, 0.15) is 0 Å². The molecule has 74 valence electrons. The maximum atomic E-state index is 8.25. The van der Waals surface area contributed by atoms with Crippen molar-refractivity contribution in [1.82, 2.24) is 0 Å². The number of epoxide rings is 1. The van der Waals surface area contributed by atoms with Gasteiger partial charge in [0.2, 0.25) is 0 Å². The fraction of sp³-hybridized carbons (Fsp3) is 0.364. The molecule has 0 amide bonds. The summed E-state index contributed by atoms with van der Waals surface area (Å²) in [6, 6.07) is 11.9. The van der Waals surface area contributed by atoms with Crippen molar-refractivity contribution >= 4 is 5.69 Å². The average molecular weight is 190 g/mol. The minimum atomic E-state index is 0.550. The van der Waals surface area contributed by atoms with Gasteiger partial charge in [0.15, 0.2) is 0 Å². The van der Waals surface area contributed by atoms with E-state index in [0.29, 0.717) is 6.42 Å². The number of nitriles is 1. The Bertz CT molecular complexity index is 274. The Morgan fingerprint density at radius 3 is 2.43 bits per heavy atom. The molecular formula is C11H14N2O. The van der Waals surface area contributed by atoms with E-state index in [0.717, 1.165) is 25.4 Å². The van der Waals surface area contributed by atoms with E-state index in [-0.39, 0.29) is 0 Å².